The summed E-state index contributed by atoms with van der Waals surface area (Å²) < 4.78 is 0. The minimum absolute atomic E-state index is 0.127. The van der Waals surface area contributed by atoms with Gasteiger partial charge in [0.15, 0.2) is 0 Å². The number of nitrogens with one attached hydrogen (secondary N) is 1. The van der Waals surface area contributed by atoms with E-state index < -0.39 is 6.09 Å². The van der Waals surface area contributed by atoms with Gasteiger partial charge in [-0.05, 0) is 87.7 Å². The lowest BCUT2D eigenvalue weighted by Gasteiger charge is -2.37. The van der Waals surface area contributed by atoms with E-state index in [2.05, 4.69) is 60.7 Å². The molecule has 0 saturated heterocycles. The lowest BCUT2D eigenvalue weighted by Crippen LogP contribution is -2.39. The second kappa shape index (κ2) is 12.3. The number of nitrogens with zero attached hydrogens (tertiary/aromatic N) is 1. The normalized spacial score (nSPS) is 22.1. The molecule has 2 saturated carbocycles. The van der Waals surface area contributed by atoms with Crippen LogP contribution in [0.2, 0.25) is 5.02 Å². The third-order valence-electron chi connectivity index (χ3n) is 6.94. The standard InChI is InChI=1S/C16H24N2O2.C11H13Cl/c1-18(2)15(12-6-4-3-5-7-12)13-8-10-14(11-9-13)17-16(19)20;12-11-7-5-10(6-8-11)9-3-1-2-4-9/h3-7,13-15,17H,8-11H2,1-2H3,(H,19,20);5-9H,1-4H2. The molecule has 1 amide bonds. The second-order valence-corrected chi connectivity index (χ2v) is 9.85. The fourth-order valence-electron chi connectivity index (χ4n) is 5.39. The monoisotopic (exact) mass is 456 g/mol. The Hall–Kier alpha value is -2.04. The molecule has 4 rings (SSSR count). The van der Waals surface area contributed by atoms with Crippen LogP contribution in [0.15, 0.2) is 54.6 Å². The van der Waals surface area contributed by atoms with Crippen molar-refractivity contribution in [3.05, 3.63) is 70.7 Å². The van der Waals surface area contributed by atoms with Crippen LogP contribution >= 0.6 is 11.6 Å². The van der Waals surface area contributed by atoms with Crippen LogP contribution in [0.25, 0.3) is 0 Å². The Labute approximate surface area is 198 Å². The van der Waals surface area contributed by atoms with Crippen molar-refractivity contribution in [2.24, 2.45) is 5.92 Å². The Morgan fingerprint density at radius 2 is 1.53 bits per heavy atom. The molecule has 32 heavy (non-hydrogen) atoms. The maximum absolute atomic E-state index is 10.7. The molecule has 2 aromatic carbocycles. The average molecular weight is 457 g/mol. The predicted molar refractivity (Wildman–Crippen MR) is 132 cm³/mol. The molecule has 0 spiro atoms. The highest BCUT2D eigenvalue weighted by Crippen LogP contribution is 2.37. The van der Waals surface area contributed by atoms with Gasteiger partial charge in [-0.1, -0.05) is 66.9 Å². The number of halogens is 1. The van der Waals surface area contributed by atoms with E-state index in [1.54, 1.807) is 0 Å². The maximum Gasteiger partial charge on any atom is 0.404 e. The number of amides is 1. The SMILES string of the molecule is CN(C)C(c1ccccc1)C1CCC(NC(=O)O)CC1.Clc1ccc(C2CCCC2)cc1. The van der Waals surface area contributed by atoms with Gasteiger partial charge in [0.2, 0.25) is 0 Å². The number of rotatable bonds is 5. The van der Waals surface area contributed by atoms with Crippen molar-refractivity contribution in [2.45, 2.75) is 69.4 Å². The highest BCUT2D eigenvalue weighted by Gasteiger charge is 2.30. The van der Waals surface area contributed by atoms with Crippen molar-refractivity contribution in [1.29, 1.82) is 0 Å². The van der Waals surface area contributed by atoms with Crippen LogP contribution in [-0.2, 0) is 0 Å². The van der Waals surface area contributed by atoms with Crippen LogP contribution in [0, 0.1) is 5.92 Å². The Morgan fingerprint density at radius 3 is 2.06 bits per heavy atom. The molecule has 0 aromatic heterocycles. The van der Waals surface area contributed by atoms with Gasteiger partial charge < -0.3 is 15.3 Å². The minimum atomic E-state index is -0.902. The third kappa shape index (κ3) is 7.25. The van der Waals surface area contributed by atoms with Crippen molar-refractivity contribution < 1.29 is 9.90 Å². The first-order valence-electron chi connectivity index (χ1n) is 11.9. The first kappa shape index (κ1) is 24.6. The van der Waals surface area contributed by atoms with Gasteiger partial charge in [-0.2, -0.15) is 0 Å². The summed E-state index contributed by atoms with van der Waals surface area (Å²) in [6, 6.07) is 19.5. The number of benzene rings is 2. The van der Waals surface area contributed by atoms with E-state index in [9.17, 15) is 4.79 Å². The molecule has 1 atom stereocenters. The molecule has 5 heteroatoms. The average Bonchev–Trinajstić information content (AvgIpc) is 3.31. The summed E-state index contributed by atoms with van der Waals surface area (Å²) in [5.74, 6) is 1.40. The lowest BCUT2D eigenvalue weighted by molar-refractivity contribution is 0.149. The van der Waals surface area contributed by atoms with Crippen molar-refractivity contribution in [3.63, 3.8) is 0 Å². The number of carbonyl (C=O) groups is 1. The van der Waals surface area contributed by atoms with E-state index in [-0.39, 0.29) is 6.04 Å². The smallest absolute Gasteiger partial charge is 0.404 e. The Bertz CT molecular complexity index is 811. The molecular weight excluding hydrogens is 420 g/mol. The highest BCUT2D eigenvalue weighted by atomic mass is 35.5. The number of hydrogen-bond acceptors (Lipinski definition) is 2. The van der Waals surface area contributed by atoms with Crippen molar-refractivity contribution in [3.8, 4) is 0 Å². The largest absolute Gasteiger partial charge is 0.465 e. The summed E-state index contributed by atoms with van der Waals surface area (Å²) in [4.78, 5) is 13.0. The number of carboxylic acid groups (broad SMARTS) is 1. The molecular formula is C27H37ClN2O2. The quantitative estimate of drug-likeness (QED) is 0.503. The molecule has 2 fully saturated rings. The fourth-order valence-corrected chi connectivity index (χ4v) is 5.52. The van der Waals surface area contributed by atoms with Crippen molar-refractivity contribution in [1.82, 2.24) is 10.2 Å². The molecule has 174 valence electrons. The Balaban J connectivity index is 0.000000204. The van der Waals surface area contributed by atoms with Gasteiger partial charge in [0.05, 0.1) is 0 Å². The van der Waals surface area contributed by atoms with E-state index >= 15 is 0 Å². The molecule has 0 aliphatic heterocycles. The lowest BCUT2D eigenvalue weighted by atomic mass is 9.79. The Morgan fingerprint density at radius 1 is 0.938 bits per heavy atom. The summed E-state index contributed by atoms with van der Waals surface area (Å²) >= 11 is 5.82. The zero-order chi connectivity index (χ0) is 22.9. The van der Waals surface area contributed by atoms with E-state index in [4.69, 9.17) is 16.7 Å². The molecule has 4 nitrogen and oxygen atoms in total. The van der Waals surface area contributed by atoms with Crippen LogP contribution in [0.3, 0.4) is 0 Å². The molecule has 2 aliphatic carbocycles. The summed E-state index contributed by atoms with van der Waals surface area (Å²) in [6.07, 6.45) is 8.64. The zero-order valence-corrected chi connectivity index (χ0v) is 20.1. The van der Waals surface area contributed by atoms with Crippen molar-refractivity contribution in [2.75, 3.05) is 14.1 Å². The van der Waals surface area contributed by atoms with Crippen LogP contribution in [0.1, 0.15) is 74.5 Å². The minimum Gasteiger partial charge on any atom is -0.465 e. The highest BCUT2D eigenvalue weighted by molar-refractivity contribution is 6.30. The van der Waals surface area contributed by atoms with Gasteiger partial charge >= 0.3 is 6.09 Å². The Kier molecular flexibility index (Phi) is 9.43. The summed E-state index contributed by atoms with van der Waals surface area (Å²) in [5, 5.41) is 12.2. The summed E-state index contributed by atoms with van der Waals surface area (Å²) in [7, 11) is 4.25. The molecule has 0 bridgehead atoms. The fraction of sp³-hybridized carbons (Fsp3) is 0.519. The first-order chi connectivity index (χ1) is 15.4. The maximum atomic E-state index is 10.7. The van der Waals surface area contributed by atoms with E-state index in [1.807, 2.05) is 18.2 Å². The van der Waals surface area contributed by atoms with Gasteiger partial charge in [-0.3, -0.25) is 0 Å². The van der Waals surface area contributed by atoms with E-state index in [0.717, 1.165) is 36.6 Å². The van der Waals surface area contributed by atoms with Crippen LogP contribution in [-0.4, -0.2) is 36.2 Å². The van der Waals surface area contributed by atoms with E-state index in [1.165, 1.54) is 36.8 Å². The predicted octanol–water partition coefficient (Wildman–Crippen LogP) is 7.11. The van der Waals surface area contributed by atoms with Gasteiger partial charge in [-0.15, -0.1) is 0 Å². The molecule has 2 aliphatic rings. The molecule has 2 N–H and O–H groups in total. The van der Waals surface area contributed by atoms with E-state index in [0.29, 0.717) is 12.0 Å². The van der Waals surface area contributed by atoms with Gasteiger partial charge in [0, 0.05) is 17.1 Å². The summed E-state index contributed by atoms with van der Waals surface area (Å²) in [6.45, 7) is 0. The van der Waals surface area contributed by atoms with Gasteiger partial charge in [0.1, 0.15) is 0 Å². The zero-order valence-electron chi connectivity index (χ0n) is 19.3. The van der Waals surface area contributed by atoms with Crippen LogP contribution < -0.4 is 5.32 Å². The first-order valence-corrected chi connectivity index (χ1v) is 12.3. The van der Waals surface area contributed by atoms with Gasteiger partial charge in [-0.25, -0.2) is 4.79 Å². The van der Waals surface area contributed by atoms with Crippen LogP contribution in [0.5, 0.6) is 0 Å². The topological polar surface area (TPSA) is 52.6 Å². The summed E-state index contributed by atoms with van der Waals surface area (Å²) in [5.41, 5.74) is 2.82. The molecule has 0 heterocycles. The second-order valence-electron chi connectivity index (χ2n) is 9.41. The molecule has 2 aromatic rings. The third-order valence-corrected chi connectivity index (χ3v) is 7.19. The van der Waals surface area contributed by atoms with Crippen molar-refractivity contribution >= 4 is 17.7 Å². The molecule has 0 radical (unpaired) electrons. The number of hydrogen-bond donors (Lipinski definition) is 2. The van der Waals surface area contributed by atoms with Gasteiger partial charge in [0.25, 0.3) is 0 Å². The van der Waals surface area contributed by atoms with Crippen LogP contribution in [0.4, 0.5) is 4.79 Å². The molecule has 1 unspecified atom stereocenters.